The summed E-state index contributed by atoms with van der Waals surface area (Å²) in [5, 5.41) is 1.91. The summed E-state index contributed by atoms with van der Waals surface area (Å²) in [4.78, 5) is 9.04. The molecule has 4 aromatic carbocycles. The number of hydrogen-bond acceptors (Lipinski definition) is 3. The van der Waals surface area contributed by atoms with E-state index in [1.807, 2.05) is 81.6 Å². The molecule has 7 rings (SSSR count). The molecule has 3 nitrogen and oxygen atoms in total. The summed E-state index contributed by atoms with van der Waals surface area (Å²) in [6.07, 6.45) is 2.14. The second kappa shape index (κ2) is 14.7. The van der Waals surface area contributed by atoms with Gasteiger partial charge in [-0.3, -0.25) is 0 Å². The van der Waals surface area contributed by atoms with Crippen LogP contribution in [-0.2, 0) is 26.5 Å². The van der Waals surface area contributed by atoms with Crippen LogP contribution in [0.1, 0.15) is 29.1 Å². The molecule has 0 atom stereocenters. The first-order valence-electron chi connectivity index (χ1n) is 16.8. The Hall–Kier alpha value is -3.90. The Balaban J connectivity index is 0.000000241. The van der Waals surface area contributed by atoms with Crippen molar-refractivity contribution in [3.05, 3.63) is 139 Å². The molecule has 245 valence electrons. The fourth-order valence-corrected chi connectivity index (χ4v) is 7.55. The molecule has 7 aromatic rings. The van der Waals surface area contributed by atoms with Crippen LogP contribution in [0, 0.1) is 23.4 Å². The van der Waals surface area contributed by atoms with Gasteiger partial charge in [0.1, 0.15) is 11.4 Å². The van der Waals surface area contributed by atoms with Crippen molar-refractivity contribution in [2.75, 3.05) is 0 Å². The molecule has 0 unspecified atom stereocenters. The van der Waals surface area contributed by atoms with Gasteiger partial charge < -0.3 is 9.40 Å². The Morgan fingerprint density at radius 2 is 1.56 bits per heavy atom. The van der Waals surface area contributed by atoms with Crippen molar-refractivity contribution in [1.82, 2.24) is 9.97 Å². The zero-order valence-electron chi connectivity index (χ0n) is 30.0. The van der Waals surface area contributed by atoms with Gasteiger partial charge >= 0.3 is 99.8 Å². The van der Waals surface area contributed by atoms with Crippen molar-refractivity contribution < 1.29 is 31.7 Å². The van der Waals surface area contributed by atoms with E-state index in [1.165, 1.54) is 16.5 Å². The Labute approximate surface area is 302 Å². The predicted molar refractivity (Wildman–Crippen MR) is 196 cm³/mol. The van der Waals surface area contributed by atoms with Crippen LogP contribution in [0.2, 0.25) is 17.3 Å². The van der Waals surface area contributed by atoms with Crippen LogP contribution in [0.5, 0.6) is 0 Å². The molecule has 0 aliphatic carbocycles. The minimum Gasteiger partial charge on any atom is 0 e. The Bertz CT molecular complexity index is 2220. The molecule has 0 bridgehead atoms. The third kappa shape index (κ3) is 8.38. The van der Waals surface area contributed by atoms with E-state index in [2.05, 4.69) is 51.5 Å². The van der Waals surface area contributed by atoms with E-state index in [-0.39, 0.29) is 25.9 Å². The largest absolute Gasteiger partial charge is 0 e. The van der Waals surface area contributed by atoms with Gasteiger partial charge in [0.25, 0.3) is 0 Å². The fraction of sp³-hybridized carbons (Fsp3) is 0.190. The maximum absolute atomic E-state index is 13.3. The van der Waals surface area contributed by atoms with Gasteiger partial charge in [0.2, 0.25) is 0 Å². The Morgan fingerprint density at radius 3 is 2.23 bits per heavy atom. The average molecular weight is 874 g/mol. The number of rotatable bonds is 5. The van der Waals surface area contributed by atoms with E-state index in [0.29, 0.717) is 28.0 Å². The number of pyridine rings is 2. The Morgan fingerprint density at radius 1 is 0.792 bits per heavy atom. The molecule has 48 heavy (non-hydrogen) atoms. The molecule has 3 heterocycles. The van der Waals surface area contributed by atoms with Crippen LogP contribution in [0.4, 0.5) is 4.39 Å². The zero-order chi connectivity index (χ0) is 35.0. The first kappa shape index (κ1) is 32.6. The molecule has 0 amide bonds. The van der Waals surface area contributed by atoms with Gasteiger partial charge in [0.05, 0.1) is 5.58 Å². The molecule has 0 aliphatic heterocycles. The van der Waals surface area contributed by atoms with Gasteiger partial charge in [0, 0.05) is 34.4 Å². The zero-order valence-corrected chi connectivity index (χ0v) is 32.5. The number of fused-ring (bicyclic) bond motifs is 3. The minimum atomic E-state index is -1.72. The van der Waals surface area contributed by atoms with Crippen molar-refractivity contribution in [1.29, 1.82) is 0 Å². The topological polar surface area (TPSA) is 38.9 Å². The van der Waals surface area contributed by atoms with Gasteiger partial charge in [-0.2, -0.15) is 0 Å². The van der Waals surface area contributed by atoms with E-state index in [0.717, 1.165) is 33.2 Å². The summed E-state index contributed by atoms with van der Waals surface area (Å²) in [6, 6.07) is 38.4. The summed E-state index contributed by atoms with van der Waals surface area (Å²) >= 11 is -1.72. The molecule has 0 N–H and O–H groups in total. The van der Waals surface area contributed by atoms with Crippen LogP contribution in [0.15, 0.2) is 120 Å². The van der Waals surface area contributed by atoms with Crippen molar-refractivity contribution in [3.63, 3.8) is 0 Å². The quantitative estimate of drug-likeness (QED) is 0.128. The molecule has 0 saturated carbocycles. The molecule has 0 aliphatic rings. The number of furan rings is 1. The van der Waals surface area contributed by atoms with Gasteiger partial charge in [-0.15, -0.1) is 18.2 Å². The summed E-state index contributed by atoms with van der Waals surface area (Å²) in [7, 11) is 0. The van der Waals surface area contributed by atoms with Crippen molar-refractivity contribution in [2.45, 2.75) is 44.4 Å². The van der Waals surface area contributed by atoms with E-state index in [1.54, 1.807) is 30.5 Å². The van der Waals surface area contributed by atoms with Crippen LogP contribution >= 0.6 is 0 Å². The number of aromatic nitrogens is 2. The monoisotopic (exact) mass is 875 g/mol. The molecule has 0 fully saturated rings. The van der Waals surface area contributed by atoms with Crippen LogP contribution in [0.25, 0.3) is 55.6 Å². The molecular formula is C42H39FGeIrN2O-2. The maximum atomic E-state index is 13.3. The van der Waals surface area contributed by atoms with Crippen LogP contribution < -0.4 is 4.40 Å². The van der Waals surface area contributed by atoms with Gasteiger partial charge in [0.15, 0.2) is 0 Å². The summed E-state index contributed by atoms with van der Waals surface area (Å²) in [5.41, 5.74) is 6.60. The standard InChI is InChI=1S/C28H23FNO.C14H16GeN.Ir/c1-28(2,3)17-18-13-14-30-25(15-18)24-6-4-5-23-22-12-9-20(16-26(22)31-27(23)24)19-7-10-21(29)11-8-19;1-15(2,3)13-9-10-14(16-11-13)12-7-5-4-6-8-12;/h4-5,7-16H,17H2,1-3H3;4-7,9-11H,1-3H3;/q2*-1;/i17D2;;. The van der Waals surface area contributed by atoms with E-state index in [9.17, 15) is 4.39 Å². The summed E-state index contributed by atoms with van der Waals surface area (Å²) in [5.74, 6) is 6.87. The average Bonchev–Trinajstić information content (AvgIpc) is 3.47. The molecular weight excluding hydrogens is 832 g/mol. The molecule has 0 saturated heterocycles. The molecule has 3 aromatic heterocycles. The second-order valence-corrected chi connectivity index (χ2v) is 24.3. The minimum absolute atomic E-state index is 0. The third-order valence-corrected chi connectivity index (χ3v) is 12.0. The van der Waals surface area contributed by atoms with E-state index >= 15 is 0 Å². The second-order valence-electron chi connectivity index (χ2n) is 13.7. The Kier molecular flexibility index (Phi) is 9.99. The third-order valence-electron chi connectivity index (χ3n) is 7.76. The predicted octanol–water partition coefficient (Wildman–Crippen LogP) is 10.9. The normalized spacial score (nSPS) is 12.5. The van der Waals surface area contributed by atoms with E-state index in [4.69, 9.17) is 7.16 Å². The maximum Gasteiger partial charge on any atom is 0 e. The number of hydrogen-bond donors (Lipinski definition) is 0. The molecule has 6 heteroatoms. The number of halogens is 1. The van der Waals surface area contributed by atoms with E-state index < -0.39 is 25.1 Å². The van der Waals surface area contributed by atoms with Gasteiger partial charge in [-0.25, -0.2) is 4.39 Å². The van der Waals surface area contributed by atoms with Gasteiger partial charge in [-0.1, -0.05) is 67.6 Å². The molecule has 0 spiro atoms. The van der Waals surface area contributed by atoms with Gasteiger partial charge in [-0.05, 0) is 52.9 Å². The summed E-state index contributed by atoms with van der Waals surface area (Å²) < 4.78 is 38.3. The SMILES string of the molecule is [2H]C([2H])(c1ccnc(-c2[c-]ccc3c2oc2cc(-c4ccc(F)cc4)ccc23)c1)C(C)(C)C.[CH3][Ge]([CH3])([CH3])[c]1ccc(-c2[c-]cccc2)nc1.[Ir]. The molecule has 1 radical (unpaired) electrons. The van der Waals surface area contributed by atoms with Crippen molar-refractivity contribution >= 4 is 39.6 Å². The first-order chi connectivity index (χ1) is 23.2. The smallest absolute Gasteiger partial charge is 0 e. The fourth-order valence-electron chi connectivity index (χ4n) is 5.38. The summed E-state index contributed by atoms with van der Waals surface area (Å²) in [6.45, 7) is 5.66. The van der Waals surface area contributed by atoms with Crippen molar-refractivity contribution in [2.24, 2.45) is 5.41 Å². The first-order valence-corrected chi connectivity index (χ1v) is 23.1. The number of benzene rings is 4. The van der Waals surface area contributed by atoms with Crippen LogP contribution in [-0.4, -0.2) is 23.2 Å². The van der Waals surface area contributed by atoms with Crippen LogP contribution in [0.3, 0.4) is 0 Å². The number of nitrogens with zero attached hydrogens (tertiary/aromatic N) is 2. The van der Waals surface area contributed by atoms with Crippen molar-refractivity contribution in [3.8, 4) is 33.6 Å².